The van der Waals surface area contributed by atoms with Crippen LogP contribution in [0.5, 0.6) is 0 Å². The third-order valence-electron chi connectivity index (χ3n) is 4.38. The second-order valence-corrected chi connectivity index (χ2v) is 7.51. The molecule has 1 amide bonds. The maximum absolute atomic E-state index is 12.3. The summed E-state index contributed by atoms with van der Waals surface area (Å²) in [6, 6.07) is 18.0. The van der Waals surface area contributed by atoms with Crippen LogP contribution in [0.1, 0.15) is 49.4 Å². The maximum Gasteiger partial charge on any atom is 0.222 e. The summed E-state index contributed by atoms with van der Waals surface area (Å²) in [5, 5.41) is 8.81. The number of amides is 1. The van der Waals surface area contributed by atoms with Gasteiger partial charge in [0.1, 0.15) is 0 Å². The quantitative estimate of drug-likeness (QED) is 0.811. The molecule has 2 rings (SSSR count). The first kappa shape index (κ1) is 18.7. The van der Waals surface area contributed by atoms with Crippen molar-refractivity contribution in [2.45, 2.75) is 45.6 Å². The van der Waals surface area contributed by atoms with Gasteiger partial charge in [-0.25, -0.2) is 0 Å². The highest BCUT2D eigenvalue weighted by Gasteiger charge is 2.14. The number of nitriles is 1. The van der Waals surface area contributed by atoms with E-state index in [9.17, 15) is 4.79 Å². The fraction of sp³-hybridized carbons (Fsp3) is 0.364. The van der Waals surface area contributed by atoms with E-state index in [0.29, 0.717) is 24.9 Å². The van der Waals surface area contributed by atoms with Gasteiger partial charge in [-0.2, -0.15) is 5.26 Å². The Morgan fingerprint density at radius 2 is 1.56 bits per heavy atom. The average Bonchev–Trinajstić information content (AvgIpc) is 2.59. The van der Waals surface area contributed by atoms with Crippen molar-refractivity contribution in [1.29, 1.82) is 5.26 Å². The van der Waals surface area contributed by atoms with Crippen LogP contribution in [0.4, 0.5) is 0 Å². The van der Waals surface area contributed by atoms with Crippen molar-refractivity contribution in [2.75, 3.05) is 7.05 Å². The molecule has 0 aliphatic rings. The lowest BCUT2D eigenvalue weighted by atomic mass is 9.87. The van der Waals surface area contributed by atoms with E-state index in [1.807, 2.05) is 19.2 Å². The highest BCUT2D eigenvalue weighted by molar-refractivity contribution is 5.76. The van der Waals surface area contributed by atoms with Gasteiger partial charge in [0.25, 0.3) is 0 Å². The molecule has 0 fully saturated rings. The summed E-state index contributed by atoms with van der Waals surface area (Å²) >= 11 is 0. The number of nitrogens with zero attached hydrogens (tertiary/aromatic N) is 2. The fourth-order valence-corrected chi connectivity index (χ4v) is 2.66. The Labute approximate surface area is 150 Å². The van der Waals surface area contributed by atoms with Crippen molar-refractivity contribution < 1.29 is 4.79 Å². The first-order chi connectivity index (χ1) is 11.8. The van der Waals surface area contributed by atoms with Gasteiger partial charge in [-0.1, -0.05) is 57.2 Å². The van der Waals surface area contributed by atoms with Crippen molar-refractivity contribution in [3.63, 3.8) is 0 Å². The minimum absolute atomic E-state index is 0.129. The molecular formula is C22H26N2O. The van der Waals surface area contributed by atoms with Gasteiger partial charge in [-0.3, -0.25) is 4.79 Å². The van der Waals surface area contributed by atoms with Crippen LogP contribution in [0.3, 0.4) is 0 Å². The minimum atomic E-state index is 0.129. The summed E-state index contributed by atoms with van der Waals surface area (Å²) in [4.78, 5) is 14.1. The van der Waals surface area contributed by atoms with Crippen molar-refractivity contribution >= 4 is 5.91 Å². The van der Waals surface area contributed by atoms with Gasteiger partial charge < -0.3 is 4.90 Å². The lowest BCUT2D eigenvalue weighted by Gasteiger charge is -2.21. The Bertz CT molecular complexity index is 747. The van der Waals surface area contributed by atoms with Crippen molar-refractivity contribution in [3.8, 4) is 6.07 Å². The lowest BCUT2D eigenvalue weighted by molar-refractivity contribution is -0.130. The van der Waals surface area contributed by atoms with E-state index in [2.05, 4.69) is 51.1 Å². The fourth-order valence-electron chi connectivity index (χ4n) is 2.66. The van der Waals surface area contributed by atoms with Crippen LogP contribution in [0.15, 0.2) is 48.5 Å². The van der Waals surface area contributed by atoms with Crippen molar-refractivity contribution in [2.24, 2.45) is 0 Å². The minimum Gasteiger partial charge on any atom is -0.341 e. The molecule has 25 heavy (non-hydrogen) atoms. The highest BCUT2D eigenvalue weighted by Crippen LogP contribution is 2.22. The summed E-state index contributed by atoms with van der Waals surface area (Å²) in [7, 11) is 1.85. The molecule has 130 valence electrons. The zero-order chi connectivity index (χ0) is 18.4. The standard InChI is InChI=1S/C22H26N2O/c1-22(2,3)20-12-9-19(10-13-20)16-24(4)21(25)14-11-17-5-7-18(15-23)8-6-17/h5-10,12-13H,11,14,16H2,1-4H3. The summed E-state index contributed by atoms with van der Waals surface area (Å²) in [5.74, 6) is 0.129. The SMILES string of the molecule is CN(Cc1ccc(C(C)(C)C)cc1)C(=O)CCc1ccc(C#N)cc1. The van der Waals surface area contributed by atoms with E-state index in [1.165, 1.54) is 5.56 Å². The zero-order valence-corrected chi connectivity index (χ0v) is 15.5. The van der Waals surface area contributed by atoms with E-state index in [0.717, 1.165) is 11.1 Å². The number of hydrogen-bond donors (Lipinski definition) is 0. The van der Waals surface area contributed by atoms with Gasteiger partial charge in [-0.15, -0.1) is 0 Å². The molecule has 0 aliphatic heterocycles. The maximum atomic E-state index is 12.3. The Balaban J connectivity index is 1.88. The number of hydrogen-bond acceptors (Lipinski definition) is 2. The third-order valence-corrected chi connectivity index (χ3v) is 4.38. The van der Waals surface area contributed by atoms with Crippen LogP contribution in [0.2, 0.25) is 0 Å². The van der Waals surface area contributed by atoms with E-state index >= 15 is 0 Å². The van der Waals surface area contributed by atoms with Gasteiger partial charge in [0.05, 0.1) is 11.6 Å². The second kappa shape index (κ2) is 7.98. The number of carbonyl (C=O) groups excluding carboxylic acids is 1. The van der Waals surface area contributed by atoms with Crippen LogP contribution in [-0.2, 0) is 23.2 Å². The monoisotopic (exact) mass is 334 g/mol. The van der Waals surface area contributed by atoms with E-state index < -0.39 is 0 Å². The zero-order valence-electron chi connectivity index (χ0n) is 15.5. The molecule has 0 radical (unpaired) electrons. The topological polar surface area (TPSA) is 44.1 Å². The molecule has 0 saturated carbocycles. The molecule has 0 N–H and O–H groups in total. The van der Waals surface area contributed by atoms with Crippen LogP contribution in [0, 0.1) is 11.3 Å². The molecule has 3 heteroatoms. The number of aryl methyl sites for hydroxylation is 1. The summed E-state index contributed by atoms with van der Waals surface area (Å²) in [5.41, 5.74) is 4.30. The van der Waals surface area contributed by atoms with Gasteiger partial charge in [0.15, 0.2) is 0 Å². The summed E-state index contributed by atoms with van der Waals surface area (Å²) < 4.78 is 0. The molecule has 3 nitrogen and oxygen atoms in total. The molecule has 0 atom stereocenters. The molecule has 0 heterocycles. The van der Waals surface area contributed by atoms with Crippen LogP contribution in [0.25, 0.3) is 0 Å². The molecule has 0 spiro atoms. The van der Waals surface area contributed by atoms with Gasteiger partial charge >= 0.3 is 0 Å². The Kier molecular flexibility index (Phi) is 5.98. The molecule has 2 aromatic carbocycles. The van der Waals surface area contributed by atoms with Crippen LogP contribution >= 0.6 is 0 Å². The van der Waals surface area contributed by atoms with Gasteiger partial charge in [0, 0.05) is 20.0 Å². The molecule has 0 saturated heterocycles. The lowest BCUT2D eigenvalue weighted by Crippen LogP contribution is -2.26. The second-order valence-electron chi connectivity index (χ2n) is 7.51. The normalized spacial score (nSPS) is 11.0. The van der Waals surface area contributed by atoms with E-state index in [-0.39, 0.29) is 11.3 Å². The van der Waals surface area contributed by atoms with Crippen LogP contribution in [-0.4, -0.2) is 17.9 Å². The molecule has 0 unspecified atom stereocenters. The molecule has 0 aliphatic carbocycles. The first-order valence-corrected chi connectivity index (χ1v) is 8.62. The highest BCUT2D eigenvalue weighted by atomic mass is 16.2. The van der Waals surface area contributed by atoms with E-state index in [1.54, 1.807) is 17.0 Å². The van der Waals surface area contributed by atoms with Gasteiger partial charge in [-0.05, 0) is 40.7 Å². The average molecular weight is 334 g/mol. The van der Waals surface area contributed by atoms with Gasteiger partial charge in [0.2, 0.25) is 5.91 Å². The smallest absolute Gasteiger partial charge is 0.222 e. The predicted molar refractivity (Wildman–Crippen MR) is 101 cm³/mol. The van der Waals surface area contributed by atoms with Crippen molar-refractivity contribution in [1.82, 2.24) is 4.90 Å². The Hall–Kier alpha value is -2.60. The Morgan fingerprint density at radius 3 is 2.08 bits per heavy atom. The van der Waals surface area contributed by atoms with Crippen molar-refractivity contribution in [3.05, 3.63) is 70.8 Å². The third kappa shape index (κ3) is 5.46. The number of rotatable bonds is 5. The Morgan fingerprint density at radius 1 is 1.00 bits per heavy atom. The summed E-state index contributed by atoms with van der Waals surface area (Å²) in [6.45, 7) is 7.21. The molecule has 2 aromatic rings. The molecule has 0 aromatic heterocycles. The van der Waals surface area contributed by atoms with E-state index in [4.69, 9.17) is 5.26 Å². The summed E-state index contributed by atoms with van der Waals surface area (Å²) in [6.07, 6.45) is 1.17. The number of carbonyl (C=O) groups is 1. The number of benzene rings is 2. The molecule has 0 bridgehead atoms. The predicted octanol–water partition coefficient (Wildman–Crippen LogP) is 4.45. The molecular weight excluding hydrogens is 308 g/mol. The first-order valence-electron chi connectivity index (χ1n) is 8.62. The largest absolute Gasteiger partial charge is 0.341 e. The van der Waals surface area contributed by atoms with Crippen LogP contribution < -0.4 is 0 Å².